The van der Waals surface area contributed by atoms with Gasteiger partial charge in [-0.1, -0.05) is 17.7 Å². The molecule has 1 aliphatic rings. The minimum Gasteiger partial charge on any atom is -0.396 e. The molecule has 104 valence electrons. The molecule has 0 bridgehead atoms. The summed E-state index contributed by atoms with van der Waals surface area (Å²) in [5.74, 6) is 0.591. The molecule has 1 atom stereocenters. The Labute approximate surface area is 115 Å². The van der Waals surface area contributed by atoms with Crippen molar-refractivity contribution < 1.29 is 9.90 Å². The molecule has 1 amide bonds. The lowest BCUT2D eigenvalue weighted by molar-refractivity contribution is 0.0653. The fourth-order valence-corrected chi connectivity index (χ4v) is 2.89. The van der Waals surface area contributed by atoms with E-state index in [1.54, 1.807) is 0 Å². The molecule has 0 saturated carbocycles. The van der Waals surface area contributed by atoms with Crippen LogP contribution < -0.4 is 0 Å². The van der Waals surface area contributed by atoms with Crippen molar-refractivity contribution in [3.05, 3.63) is 34.9 Å². The quantitative estimate of drug-likeness (QED) is 0.908. The molecular weight excluding hydrogens is 238 g/mol. The number of hydrogen-bond acceptors (Lipinski definition) is 2. The number of aliphatic hydroxyl groups is 1. The molecule has 19 heavy (non-hydrogen) atoms. The number of aliphatic hydroxyl groups excluding tert-OH is 1. The predicted octanol–water partition coefficient (Wildman–Crippen LogP) is 2.54. The van der Waals surface area contributed by atoms with E-state index in [-0.39, 0.29) is 12.5 Å². The second-order valence-electron chi connectivity index (χ2n) is 5.59. The number of likely N-dealkylation sites (tertiary alicyclic amines) is 1. The number of hydrogen-bond donors (Lipinski definition) is 1. The maximum Gasteiger partial charge on any atom is 0.254 e. The van der Waals surface area contributed by atoms with Gasteiger partial charge in [-0.25, -0.2) is 0 Å². The monoisotopic (exact) mass is 261 g/mol. The Morgan fingerprint density at radius 3 is 2.89 bits per heavy atom. The smallest absolute Gasteiger partial charge is 0.254 e. The van der Waals surface area contributed by atoms with Crippen LogP contribution in [-0.4, -0.2) is 35.6 Å². The van der Waals surface area contributed by atoms with Crippen molar-refractivity contribution in [1.29, 1.82) is 0 Å². The molecule has 0 aromatic heterocycles. The number of rotatable bonds is 3. The van der Waals surface area contributed by atoms with Gasteiger partial charge in [-0.15, -0.1) is 0 Å². The van der Waals surface area contributed by atoms with E-state index in [0.29, 0.717) is 5.92 Å². The highest BCUT2D eigenvalue weighted by Crippen LogP contribution is 2.22. The molecule has 1 N–H and O–H groups in total. The third kappa shape index (κ3) is 3.35. The molecule has 1 aromatic carbocycles. The van der Waals surface area contributed by atoms with Crippen LogP contribution >= 0.6 is 0 Å². The summed E-state index contributed by atoms with van der Waals surface area (Å²) < 4.78 is 0. The van der Waals surface area contributed by atoms with Crippen LogP contribution in [0.5, 0.6) is 0 Å². The molecule has 1 heterocycles. The number of carbonyl (C=O) groups is 1. The Morgan fingerprint density at radius 2 is 2.21 bits per heavy atom. The van der Waals surface area contributed by atoms with Crippen molar-refractivity contribution in [2.75, 3.05) is 19.7 Å². The number of amides is 1. The Bertz CT molecular complexity index is 454. The summed E-state index contributed by atoms with van der Waals surface area (Å²) in [6, 6.07) is 5.99. The maximum atomic E-state index is 12.5. The van der Waals surface area contributed by atoms with Crippen molar-refractivity contribution in [3.63, 3.8) is 0 Å². The van der Waals surface area contributed by atoms with Gasteiger partial charge in [-0.2, -0.15) is 0 Å². The first-order valence-corrected chi connectivity index (χ1v) is 7.09. The van der Waals surface area contributed by atoms with Gasteiger partial charge >= 0.3 is 0 Å². The van der Waals surface area contributed by atoms with Crippen LogP contribution in [0.4, 0.5) is 0 Å². The van der Waals surface area contributed by atoms with Gasteiger partial charge in [0.15, 0.2) is 0 Å². The predicted molar refractivity (Wildman–Crippen MR) is 76.2 cm³/mol. The molecule has 1 saturated heterocycles. The lowest BCUT2D eigenvalue weighted by atomic mass is 9.94. The van der Waals surface area contributed by atoms with Crippen molar-refractivity contribution >= 4 is 5.91 Å². The zero-order valence-electron chi connectivity index (χ0n) is 11.9. The van der Waals surface area contributed by atoms with Gasteiger partial charge in [0.05, 0.1) is 0 Å². The van der Waals surface area contributed by atoms with E-state index in [2.05, 4.69) is 6.07 Å². The van der Waals surface area contributed by atoms with E-state index in [9.17, 15) is 4.79 Å². The number of aryl methyl sites for hydroxylation is 2. The summed E-state index contributed by atoms with van der Waals surface area (Å²) in [7, 11) is 0. The average molecular weight is 261 g/mol. The van der Waals surface area contributed by atoms with Crippen LogP contribution in [0, 0.1) is 19.8 Å². The minimum absolute atomic E-state index is 0.139. The SMILES string of the molecule is Cc1ccc(C(=O)N2CCCC(CCO)C2)c(C)c1. The molecule has 1 aliphatic heterocycles. The van der Waals surface area contributed by atoms with Gasteiger partial charge in [-0.05, 0) is 50.7 Å². The van der Waals surface area contributed by atoms with Crippen molar-refractivity contribution in [2.24, 2.45) is 5.92 Å². The number of benzene rings is 1. The molecule has 2 rings (SSSR count). The highest BCUT2D eigenvalue weighted by atomic mass is 16.3. The third-order valence-electron chi connectivity index (χ3n) is 3.96. The average Bonchev–Trinajstić information content (AvgIpc) is 2.39. The zero-order valence-corrected chi connectivity index (χ0v) is 11.9. The van der Waals surface area contributed by atoms with Gasteiger partial charge < -0.3 is 10.0 Å². The zero-order chi connectivity index (χ0) is 13.8. The van der Waals surface area contributed by atoms with Gasteiger partial charge in [0.25, 0.3) is 5.91 Å². The highest BCUT2D eigenvalue weighted by Gasteiger charge is 2.24. The summed E-state index contributed by atoms with van der Waals surface area (Å²) in [4.78, 5) is 14.5. The standard InChI is InChI=1S/C16H23NO2/c1-12-5-6-15(13(2)10-12)16(19)17-8-3-4-14(11-17)7-9-18/h5-6,10,14,18H,3-4,7-9,11H2,1-2H3. The number of piperidine rings is 1. The third-order valence-corrected chi connectivity index (χ3v) is 3.96. The molecule has 0 spiro atoms. The Hall–Kier alpha value is -1.35. The van der Waals surface area contributed by atoms with Crippen LogP contribution in [-0.2, 0) is 0 Å². The topological polar surface area (TPSA) is 40.5 Å². The summed E-state index contributed by atoms with van der Waals surface area (Å²) in [6.07, 6.45) is 2.97. The van der Waals surface area contributed by atoms with E-state index in [1.165, 1.54) is 5.56 Å². The van der Waals surface area contributed by atoms with Crippen LogP contribution in [0.3, 0.4) is 0 Å². The second-order valence-corrected chi connectivity index (χ2v) is 5.59. The molecule has 0 radical (unpaired) electrons. The van der Waals surface area contributed by atoms with E-state index < -0.39 is 0 Å². The lowest BCUT2D eigenvalue weighted by Gasteiger charge is -2.33. The molecule has 3 heteroatoms. The lowest BCUT2D eigenvalue weighted by Crippen LogP contribution is -2.40. The normalized spacial score (nSPS) is 19.5. The summed E-state index contributed by atoms with van der Waals surface area (Å²) in [6.45, 7) is 5.88. The van der Waals surface area contributed by atoms with Gasteiger partial charge in [-0.3, -0.25) is 4.79 Å². The Balaban J connectivity index is 2.10. The fourth-order valence-electron chi connectivity index (χ4n) is 2.89. The summed E-state index contributed by atoms with van der Waals surface area (Å²) >= 11 is 0. The molecule has 1 aromatic rings. The molecule has 0 aliphatic carbocycles. The minimum atomic E-state index is 0.139. The van der Waals surface area contributed by atoms with Gasteiger partial charge in [0, 0.05) is 25.3 Å². The van der Waals surface area contributed by atoms with Gasteiger partial charge in [0.2, 0.25) is 0 Å². The number of nitrogens with zero attached hydrogens (tertiary/aromatic N) is 1. The first-order valence-electron chi connectivity index (χ1n) is 7.09. The first-order chi connectivity index (χ1) is 9.11. The van der Waals surface area contributed by atoms with E-state index in [0.717, 1.165) is 43.5 Å². The number of carbonyl (C=O) groups excluding carboxylic acids is 1. The highest BCUT2D eigenvalue weighted by molar-refractivity contribution is 5.95. The fraction of sp³-hybridized carbons (Fsp3) is 0.562. The first kappa shape index (κ1) is 14.1. The van der Waals surface area contributed by atoms with Crippen LogP contribution in [0.2, 0.25) is 0 Å². The van der Waals surface area contributed by atoms with Gasteiger partial charge in [0.1, 0.15) is 0 Å². The van der Waals surface area contributed by atoms with E-state index in [1.807, 2.05) is 30.9 Å². The summed E-state index contributed by atoms with van der Waals surface area (Å²) in [5.41, 5.74) is 3.05. The largest absolute Gasteiger partial charge is 0.396 e. The molecule has 1 fully saturated rings. The van der Waals surface area contributed by atoms with E-state index in [4.69, 9.17) is 5.11 Å². The maximum absolute atomic E-state index is 12.5. The Morgan fingerprint density at radius 1 is 1.42 bits per heavy atom. The second kappa shape index (κ2) is 6.20. The van der Waals surface area contributed by atoms with Crippen molar-refractivity contribution in [1.82, 2.24) is 4.90 Å². The van der Waals surface area contributed by atoms with Crippen LogP contribution in [0.15, 0.2) is 18.2 Å². The molecular formula is C16H23NO2. The van der Waals surface area contributed by atoms with Crippen LogP contribution in [0.25, 0.3) is 0 Å². The molecule has 3 nitrogen and oxygen atoms in total. The van der Waals surface area contributed by atoms with Crippen molar-refractivity contribution in [2.45, 2.75) is 33.1 Å². The van der Waals surface area contributed by atoms with Crippen LogP contribution in [0.1, 0.15) is 40.7 Å². The Kier molecular flexibility index (Phi) is 4.59. The van der Waals surface area contributed by atoms with Crippen molar-refractivity contribution in [3.8, 4) is 0 Å². The summed E-state index contributed by atoms with van der Waals surface area (Å²) in [5, 5.41) is 9.03. The van der Waals surface area contributed by atoms with E-state index >= 15 is 0 Å². The molecule has 1 unspecified atom stereocenters.